The summed E-state index contributed by atoms with van der Waals surface area (Å²) in [6, 6.07) is 0. The van der Waals surface area contributed by atoms with Crippen molar-refractivity contribution in [1.29, 1.82) is 0 Å². The molecule has 0 atom stereocenters. The lowest BCUT2D eigenvalue weighted by atomic mass is 10.4. The van der Waals surface area contributed by atoms with Crippen LogP contribution in [0.5, 0.6) is 0 Å². The van der Waals surface area contributed by atoms with Crippen LogP contribution in [0.15, 0.2) is 11.2 Å². The third-order valence-electron chi connectivity index (χ3n) is 1.51. The van der Waals surface area contributed by atoms with Crippen molar-refractivity contribution in [2.45, 2.75) is 0 Å². The normalized spacial score (nSPS) is 10.8. The number of nitrogens with one attached hydrogen (secondary N) is 1. The number of rotatable bonds is 2. The van der Waals surface area contributed by atoms with Gasteiger partial charge in [-0.25, -0.2) is 0 Å². The topological polar surface area (TPSA) is 42.2 Å². The third kappa shape index (κ3) is 1.39. The fourth-order valence-electron chi connectivity index (χ4n) is 0.915. The van der Waals surface area contributed by atoms with Crippen LogP contribution in [0.2, 0.25) is 0 Å². The maximum Gasteiger partial charge on any atom is 0.102 e. The van der Waals surface area contributed by atoms with Crippen LogP contribution in [-0.2, 0) is 7.05 Å². The van der Waals surface area contributed by atoms with Gasteiger partial charge in [-0.1, -0.05) is 0 Å². The molecule has 1 heterocycles. The molecule has 4 nitrogen and oxygen atoms in total. The van der Waals surface area contributed by atoms with Gasteiger partial charge in [0.25, 0.3) is 0 Å². The Morgan fingerprint density at radius 3 is 3.00 bits per heavy atom. The molecule has 1 rings (SSSR count). The zero-order valence-corrected chi connectivity index (χ0v) is 7.00. The lowest BCUT2D eigenvalue weighted by Crippen LogP contribution is -1.99. The Balaban J connectivity index is 3.07. The van der Waals surface area contributed by atoms with E-state index in [0.717, 1.165) is 11.4 Å². The Labute approximate surface area is 65.9 Å². The molecule has 0 amide bonds. The minimum Gasteiger partial charge on any atom is -0.385 e. The molecular weight excluding hydrogens is 140 g/mol. The first-order chi connectivity index (χ1) is 5.29. The summed E-state index contributed by atoms with van der Waals surface area (Å²) < 4.78 is 1.78. The summed E-state index contributed by atoms with van der Waals surface area (Å²) in [5, 5.41) is 7.10. The van der Waals surface area contributed by atoms with Crippen molar-refractivity contribution in [2.75, 3.05) is 19.4 Å². The predicted octanol–water partition coefficient (Wildman–Crippen LogP) is 0.510. The van der Waals surface area contributed by atoms with Gasteiger partial charge >= 0.3 is 0 Å². The van der Waals surface area contributed by atoms with E-state index in [1.54, 1.807) is 24.1 Å². The first-order valence-electron chi connectivity index (χ1n) is 3.41. The minimum atomic E-state index is 0.995. The Bertz CT molecular complexity index is 261. The van der Waals surface area contributed by atoms with Gasteiger partial charge in [-0.2, -0.15) is 5.10 Å². The Kier molecular flexibility index (Phi) is 2.25. The molecule has 0 aliphatic heterocycles. The van der Waals surface area contributed by atoms with E-state index in [-0.39, 0.29) is 0 Å². The van der Waals surface area contributed by atoms with E-state index in [9.17, 15) is 0 Å². The zero-order valence-electron chi connectivity index (χ0n) is 7.00. The second-order valence-corrected chi connectivity index (χ2v) is 2.20. The SMILES string of the molecule is CN=Cc1c(NC)cnn1C. The number of hydrogen-bond donors (Lipinski definition) is 1. The molecule has 0 saturated heterocycles. The highest BCUT2D eigenvalue weighted by Crippen LogP contribution is 2.09. The highest BCUT2D eigenvalue weighted by Gasteiger charge is 2.01. The molecule has 0 saturated carbocycles. The van der Waals surface area contributed by atoms with Gasteiger partial charge in [-0.3, -0.25) is 9.67 Å². The largest absolute Gasteiger partial charge is 0.385 e. The summed E-state index contributed by atoms with van der Waals surface area (Å²) in [6.07, 6.45) is 3.55. The van der Waals surface area contributed by atoms with E-state index in [2.05, 4.69) is 15.4 Å². The molecule has 0 spiro atoms. The number of aromatic nitrogens is 2. The van der Waals surface area contributed by atoms with Crippen LogP contribution in [0.1, 0.15) is 5.69 Å². The summed E-state index contributed by atoms with van der Waals surface area (Å²) >= 11 is 0. The molecule has 11 heavy (non-hydrogen) atoms. The summed E-state index contributed by atoms with van der Waals surface area (Å²) in [5.74, 6) is 0. The van der Waals surface area contributed by atoms with E-state index in [1.807, 2.05) is 14.1 Å². The van der Waals surface area contributed by atoms with Crippen LogP contribution >= 0.6 is 0 Å². The predicted molar refractivity (Wildman–Crippen MR) is 46.3 cm³/mol. The molecule has 0 aliphatic carbocycles. The van der Waals surface area contributed by atoms with Gasteiger partial charge in [0.1, 0.15) is 5.69 Å². The second kappa shape index (κ2) is 3.18. The molecule has 1 aromatic rings. The van der Waals surface area contributed by atoms with Crippen LogP contribution in [0, 0.1) is 0 Å². The van der Waals surface area contributed by atoms with Crippen molar-refractivity contribution >= 4 is 11.9 Å². The molecule has 0 fully saturated rings. The summed E-state index contributed by atoms with van der Waals surface area (Å²) in [6.45, 7) is 0. The van der Waals surface area contributed by atoms with Gasteiger partial charge in [0.05, 0.1) is 11.9 Å². The van der Waals surface area contributed by atoms with Crippen LogP contribution in [0.25, 0.3) is 0 Å². The molecule has 60 valence electrons. The van der Waals surface area contributed by atoms with Gasteiger partial charge in [-0.15, -0.1) is 0 Å². The van der Waals surface area contributed by atoms with E-state index in [4.69, 9.17) is 0 Å². The maximum atomic E-state index is 4.07. The molecule has 4 heteroatoms. The van der Waals surface area contributed by atoms with Crippen molar-refractivity contribution in [3.8, 4) is 0 Å². The maximum absolute atomic E-state index is 4.07. The van der Waals surface area contributed by atoms with Gasteiger partial charge in [0.15, 0.2) is 0 Å². The number of anilines is 1. The summed E-state index contributed by atoms with van der Waals surface area (Å²) in [4.78, 5) is 3.92. The number of aliphatic imine (C=N–C) groups is 1. The van der Waals surface area contributed by atoms with Gasteiger partial charge < -0.3 is 5.32 Å². The van der Waals surface area contributed by atoms with Crippen molar-refractivity contribution in [3.63, 3.8) is 0 Å². The highest BCUT2D eigenvalue weighted by atomic mass is 15.3. The Morgan fingerprint density at radius 1 is 1.73 bits per heavy atom. The van der Waals surface area contributed by atoms with Crippen LogP contribution in [0.3, 0.4) is 0 Å². The molecule has 0 aliphatic rings. The van der Waals surface area contributed by atoms with E-state index >= 15 is 0 Å². The first-order valence-corrected chi connectivity index (χ1v) is 3.41. The molecule has 0 aromatic carbocycles. The molecule has 1 N–H and O–H groups in total. The first kappa shape index (κ1) is 7.78. The molecule has 0 bridgehead atoms. The molecule has 0 unspecified atom stereocenters. The Hall–Kier alpha value is -1.32. The van der Waals surface area contributed by atoms with E-state index in [0.29, 0.717) is 0 Å². The average molecular weight is 152 g/mol. The fourth-order valence-corrected chi connectivity index (χ4v) is 0.915. The number of hydrogen-bond acceptors (Lipinski definition) is 3. The average Bonchev–Trinajstić information content (AvgIpc) is 2.34. The van der Waals surface area contributed by atoms with Crippen LogP contribution in [0.4, 0.5) is 5.69 Å². The van der Waals surface area contributed by atoms with Crippen molar-refractivity contribution in [3.05, 3.63) is 11.9 Å². The van der Waals surface area contributed by atoms with E-state index < -0.39 is 0 Å². The second-order valence-electron chi connectivity index (χ2n) is 2.20. The van der Waals surface area contributed by atoms with Crippen LogP contribution < -0.4 is 5.32 Å². The zero-order chi connectivity index (χ0) is 8.27. The summed E-state index contributed by atoms with van der Waals surface area (Å²) in [7, 11) is 5.49. The van der Waals surface area contributed by atoms with Gasteiger partial charge in [-0.05, 0) is 0 Å². The number of nitrogens with zero attached hydrogens (tertiary/aromatic N) is 3. The van der Waals surface area contributed by atoms with Gasteiger partial charge in [0, 0.05) is 27.4 Å². The molecule has 0 radical (unpaired) electrons. The van der Waals surface area contributed by atoms with Crippen molar-refractivity contribution in [2.24, 2.45) is 12.0 Å². The van der Waals surface area contributed by atoms with Crippen LogP contribution in [-0.4, -0.2) is 30.1 Å². The summed E-state index contributed by atoms with van der Waals surface area (Å²) in [5.41, 5.74) is 1.99. The third-order valence-corrected chi connectivity index (χ3v) is 1.51. The Morgan fingerprint density at radius 2 is 2.45 bits per heavy atom. The fraction of sp³-hybridized carbons (Fsp3) is 0.429. The molecule has 1 aromatic heterocycles. The minimum absolute atomic E-state index is 0.995. The van der Waals surface area contributed by atoms with Crippen molar-refractivity contribution < 1.29 is 0 Å². The highest BCUT2D eigenvalue weighted by molar-refractivity contribution is 5.85. The quantitative estimate of drug-likeness (QED) is 0.627. The van der Waals surface area contributed by atoms with E-state index in [1.165, 1.54) is 0 Å². The lowest BCUT2D eigenvalue weighted by molar-refractivity contribution is 0.762. The molecular formula is C7H12N4. The smallest absolute Gasteiger partial charge is 0.102 e. The monoisotopic (exact) mass is 152 g/mol. The van der Waals surface area contributed by atoms with Gasteiger partial charge in [0.2, 0.25) is 0 Å². The number of aryl methyl sites for hydroxylation is 1. The standard InChI is InChI=1S/C7H12N4/c1-8-5-7-6(9-2)4-10-11(7)3/h4-5,9H,1-3H3. The lowest BCUT2D eigenvalue weighted by Gasteiger charge is -1.97. The van der Waals surface area contributed by atoms with Crippen molar-refractivity contribution in [1.82, 2.24) is 9.78 Å².